The molecule has 1 aliphatic heterocycles. The summed E-state index contributed by atoms with van der Waals surface area (Å²) in [6, 6.07) is 0. The van der Waals surface area contributed by atoms with Crippen LogP contribution < -0.4 is 0 Å². The lowest BCUT2D eigenvalue weighted by molar-refractivity contribution is 0.503. The topological polar surface area (TPSA) is 0 Å². The van der Waals surface area contributed by atoms with Crippen molar-refractivity contribution in [3.8, 4) is 0 Å². The van der Waals surface area contributed by atoms with Gasteiger partial charge in [0.1, 0.15) is 0 Å². The van der Waals surface area contributed by atoms with Crippen molar-refractivity contribution >= 4 is 11.8 Å². The lowest BCUT2D eigenvalue weighted by Crippen LogP contribution is -2.08. The van der Waals surface area contributed by atoms with Crippen LogP contribution in [0.2, 0.25) is 0 Å². The van der Waals surface area contributed by atoms with E-state index in [9.17, 15) is 0 Å². The number of fused-ring (bicyclic) bond motifs is 1. The van der Waals surface area contributed by atoms with Crippen LogP contribution in [0.15, 0.2) is 44.8 Å². The fourth-order valence-corrected chi connectivity index (χ4v) is 3.82. The Morgan fingerprint density at radius 2 is 1.81 bits per heavy atom. The molecule has 0 amide bonds. The van der Waals surface area contributed by atoms with Crippen molar-refractivity contribution in [2.75, 3.05) is 0 Å². The molecule has 0 bridgehead atoms. The SMILES string of the molecule is CC1=C(/C=C(\C)C(C)(C)C)C=C2SC(C(C)(C)C)=CC2C1. The Morgan fingerprint density at radius 3 is 2.33 bits per heavy atom. The van der Waals surface area contributed by atoms with Crippen molar-refractivity contribution in [3.05, 3.63) is 44.8 Å². The second-order valence-electron chi connectivity index (χ2n) is 8.55. The van der Waals surface area contributed by atoms with Crippen LogP contribution in [0, 0.1) is 16.7 Å². The lowest BCUT2D eigenvalue weighted by atomic mass is 9.83. The minimum absolute atomic E-state index is 0.250. The van der Waals surface area contributed by atoms with E-state index in [0.717, 1.165) is 0 Å². The maximum atomic E-state index is 2.50. The second kappa shape index (κ2) is 5.50. The average molecular weight is 303 g/mol. The summed E-state index contributed by atoms with van der Waals surface area (Å²) in [4.78, 5) is 3.07. The molecule has 0 N–H and O–H groups in total. The van der Waals surface area contributed by atoms with E-state index in [1.54, 1.807) is 4.91 Å². The highest BCUT2D eigenvalue weighted by atomic mass is 32.2. The summed E-state index contributed by atoms with van der Waals surface area (Å²) in [6.07, 6.45) is 8.51. The summed E-state index contributed by atoms with van der Waals surface area (Å²) < 4.78 is 0. The summed E-state index contributed by atoms with van der Waals surface area (Å²) in [5, 5.41) is 0. The van der Waals surface area contributed by atoms with Crippen LogP contribution in [-0.4, -0.2) is 0 Å². The molecule has 1 heterocycles. The van der Waals surface area contributed by atoms with E-state index >= 15 is 0 Å². The van der Waals surface area contributed by atoms with Crippen molar-refractivity contribution in [3.63, 3.8) is 0 Å². The van der Waals surface area contributed by atoms with E-state index in [4.69, 9.17) is 0 Å². The number of allylic oxidation sites excluding steroid dienone is 8. The van der Waals surface area contributed by atoms with E-state index in [0.29, 0.717) is 5.92 Å². The summed E-state index contributed by atoms with van der Waals surface area (Å²) >= 11 is 2.00. The summed E-state index contributed by atoms with van der Waals surface area (Å²) in [5.74, 6) is 0.622. The number of hydrogen-bond donors (Lipinski definition) is 0. The Kier molecular flexibility index (Phi) is 4.37. The Bertz CT molecular complexity index is 554. The van der Waals surface area contributed by atoms with Crippen LogP contribution in [-0.2, 0) is 0 Å². The molecule has 0 nitrogen and oxygen atoms in total. The minimum Gasteiger partial charge on any atom is -0.0981 e. The number of hydrogen-bond acceptors (Lipinski definition) is 1. The minimum atomic E-state index is 0.250. The van der Waals surface area contributed by atoms with Gasteiger partial charge in [-0.25, -0.2) is 0 Å². The van der Waals surface area contributed by atoms with E-state index in [1.807, 2.05) is 11.8 Å². The van der Waals surface area contributed by atoms with Gasteiger partial charge in [0.15, 0.2) is 0 Å². The monoisotopic (exact) mass is 302 g/mol. The highest BCUT2D eigenvalue weighted by Crippen LogP contribution is 2.52. The highest BCUT2D eigenvalue weighted by Gasteiger charge is 2.31. The number of rotatable bonds is 1. The van der Waals surface area contributed by atoms with Crippen LogP contribution >= 0.6 is 11.8 Å². The smallest absolute Gasteiger partial charge is 0.0130 e. The predicted molar refractivity (Wildman–Crippen MR) is 97.2 cm³/mol. The summed E-state index contributed by atoms with van der Waals surface area (Å²) in [6.45, 7) is 18.4. The van der Waals surface area contributed by atoms with Gasteiger partial charge in [-0.05, 0) is 52.6 Å². The van der Waals surface area contributed by atoms with E-state index in [-0.39, 0.29) is 10.8 Å². The van der Waals surface area contributed by atoms with Crippen LogP contribution in [0.3, 0.4) is 0 Å². The Hall–Kier alpha value is -0.690. The zero-order valence-electron chi connectivity index (χ0n) is 14.9. The molecule has 21 heavy (non-hydrogen) atoms. The lowest BCUT2D eigenvalue weighted by Gasteiger charge is -2.23. The first-order valence-corrected chi connectivity index (χ1v) is 8.80. The molecule has 2 rings (SSSR count). The van der Waals surface area contributed by atoms with Crippen molar-refractivity contribution in [2.24, 2.45) is 16.7 Å². The van der Waals surface area contributed by atoms with Gasteiger partial charge in [-0.1, -0.05) is 76.6 Å². The quantitative estimate of drug-likeness (QED) is 0.509. The van der Waals surface area contributed by atoms with Crippen LogP contribution in [0.1, 0.15) is 61.8 Å². The van der Waals surface area contributed by atoms with Crippen molar-refractivity contribution in [1.82, 2.24) is 0 Å². The molecule has 0 spiro atoms. The Morgan fingerprint density at radius 1 is 1.19 bits per heavy atom. The van der Waals surface area contributed by atoms with Gasteiger partial charge in [0.25, 0.3) is 0 Å². The third-order valence-corrected chi connectivity index (χ3v) is 6.18. The van der Waals surface area contributed by atoms with Crippen molar-refractivity contribution < 1.29 is 0 Å². The molecule has 1 atom stereocenters. The van der Waals surface area contributed by atoms with Crippen LogP contribution in [0.4, 0.5) is 0 Å². The van der Waals surface area contributed by atoms with Gasteiger partial charge in [-0.3, -0.25) is 0 Å². The molecule has 0 aromatic rings. The molecule has 1 heteroatoms. The first-order valence-electron chi connectivity index (χ1n) is 7.99. The van der Waals surface area contributed by atoms with Gasteiger partial charge in [-0.2, -0.15) is 0 Å². The van der Waals surface area contributed by atoms with Gasteiger partial charge < -0.3 is 0 Å². The molecule has 1 aliphatic carbocycles. The first kappa shape index (κ1) is 16.7. The Balaban J connectivity index is 2.28. The van der Waals surface area contributed by atoms with Crippen LogP contribution in [0.5, 0.6) is 0 Å². The van der Waals surface area contributed by atoms with Crippen molar-refractivity contribution in [1.29, 1.82) is 0 Å². The molecular formula is C20H30S. The number of thioether (sulfide) groups is 1. The fourth-order valence-electron chi connectivity index (χ4n) is 2.54. The molecule has 0 saturated heterocycles. The van der Waals surface area contributed by atoms with Gasteiger partial charge in [-0.15, -0.1) is 0 Å². The molecule has 116 valence electrons. The molecule has 1 unspecified atom stereocenters. The fraction of sp³-hybridized carbons (Fsp3) is 0.600. The van der Waals surface area contributed by atoms with Gasteiger partial charge in [0.2, 0.25) is 0 Å². The predicted octanol–water partition coefficient (Wildman–Crippen LogP) is 6.88. The maximum absolute atomic E-state index is 2.50. The molecule has 2 aliphatic rings. The maximum Gasteiger partial charge on any atom is 0.0130 e. The van der Waals surface area contributed by atoms with Gasteiger partial charge in [0.05, 0.1) is 0 Å². The zero-order chi connectivity index (χ0) is 16.0. The summed E-state index contributed by atoms with van der Waals surface area (Å²) in [7, 11) is 0. The molecule has 0 saturated carbocycles. The molecule has 0 radical (unpaired) electrons. The zero-order valence-corrected chi connectivity index (χ0v) is 15.7. The average Bonchev–Trinajstić information content (AvgIpc) is 2.70. The first-order chi connectivity index (χ1) is 9.48. The normalized spacial score (nSPS) is 24.0. The molecular weight excluding hydrogens is 272 g/mol. The van der Waals surface area contributed by atoms with Crippen LogP contribution in [0.25, 0.3) is 0 Å². The summed E-state index contributed by atoms with van der Waals surface area (Å²) in [5.41, 5.74) is 4.94. The van der Waals surface area contributed by atoms with E-state index in [1.165, 1.54) is 28.0 Å². The Labute approximate surface area is 135 Å². The largest absolute Gasteiger partial charge is 0.0981 e. The molecule has 0 aromatic heterocycles. The second-order valence-corrected chi connectivity index (χ2v) is 9.67. The molecule has 0 aromatic carbocycles. The van der Waals surface area contributed by atoms with E-state index < -0.39 is 0 Å². The van der Waals surface area contributed by atoms with Gasteiger partial charge >= 0.3 is 0 Å². The van der Waals surface area contributed by atoms with E-state index in [2.05, 4.69) is 73.6 Å². The highest BCUT2D eigenvalue weighted by molar-refractivity contribution is 8.07. The third kappa shape index (κ3) is 3.74. The third-order valence-electron chi connectivity index (χ3n) is 4.56. The standard InChI is InChI=1S/C20H30S/c1-13-9-16-12-18(20(6,7)8)21-17(16)11-15(13)10-14(2)19(3,4)5/h10-12,16H,9H2,1-8H3/b14-10+. The van der Waals surface area contributed by atoms with Crippen molar-refractivity contribution in [2.45, 2.75) is 61.8 Å². The van der Waals surface area contributed by atoms with Gasteiger partial charge in [0, 0.05) is 5.92 Å². The molecule has 0 fully saturated rings.